The van der Waals surface area contributed by atoms with Crippen LogP contribution in [0.15, 0.2) is 0 Å². The Balaban J connectivity index is 0.000000240. The zero-order valence-electron chi connectivity index (χ0n) is 13.2. The van der Waals surface area contributed by atoms with Gasteiger partial charge in [-0.05, 0) is 31.1 Å². The third-order valence-corrected chi connectivity index (χ3v) is 4.81. The molecule has 0 aromatic carbocycles. The van der Waals surface area contributed by atoms with Gasteiger partial charge in [-0.3, -0.25) is 4.79 Å². The van der Waals surface area contributed by atoms with E-state index in [1.165, 1.54) is 64.2 Å². The summed E-state index contributed by atoms with van der Waals surface area (Å²) in [4.78, 5) is 10.6. The molecule has 3 N–H and O–H groups in total. The molecular weight excluding hydrogens is 250 g/mol. The lowest BCUT2D eigenvalue weighted by Gasteiger charge is -2.30. The SMILES string of the molecule is CCCC1CCCCC1CC(=O)O.NC1CCCCC1. The van der Waals surface area contributed by atoms with Crippen LogP contribution < -0.4 is 5.73 Å². The predicted molar refractivity (Wildman–Crippen MR) is 83.7 cm³/mol. The number of nitrogens with two attached hydrogens (primary N) is 1. The second-order valence-electron chi connectivity index (χ2n) is 6.59. The normalized spacial score (nSPS) is 27.5. The molecule has 0 spiro atoms. The summed E-state index contributed by atoms with van der Waals surface area (Å²) in [5, 5.41) is 8.75. The van der Waals surface area contributed by atoms with Crippen LogP contribution in [-0.4, -0.2) is 17.1 Å². The van der Waals surface area contributed by atoms with Crippen LogP contribution in [0, 0.1) is 11.8 Å². The molecule has 2 aliphatic carbocycles. The van der Waals surface area contributed by atoms with Gasteiger partial charge in [-0.1, -0.05) is 58.3 Å². The lowest BCUT2D eigenvalue weighted by molar-refractivity contribution is -0.138. The second-order valence-corrected chi connectivity index (χ2v) is 6.59. The molecule has 0 aliphatic heterocycles. The monoisotopic (exact) mass is 283 g/mol. The molecule has 2 saturated carbocycles. The lowest BCUT2D eigenvalue weighted by atomic mass is 9.75. The minimum absolute atomic E-state index is 0.394. The lowest BCUT2D eigenvalue weighted by Crippen LogP contribution is -2.22. The Morgan fingerprint density at radius 1 is 1.00 bits per heavy atom. The highest BCUT2D eigenvalue weighted by Crippen LogP contribution is 2.35. The number of carbonyl (C=O) groups is 1. The van der Waals surface area contributed by atoms with Crippen LogP contribution in [0.4, 0.5) is 0 Å². The summed E-state index contributed by atoms with van der Waals surface area (Å²) in [5.74, 6) is 0.536. The first-order chi connectivity index (χ1) is 9.63. The Hall–Kier alpha value is -0.570. The van der Waals surface area contributed by atoms with Crippen molar-refractivity contribution in [1.29, 1.82) is 0 Å². The second kappa shape index (κ2) is 10.2. The number of carboxylic acids is 1. The minimum atomic E-state index is -0.618. The first-order valence-corrected chi connectivity index (χ1v) is 8.60. The number of aliphatic carboxylic acids is 1. The van der Waals surface area contributed by atoms with Crippen LogP contribution in [0.1, 0.15) is 84.0 Å². The molecule has 118 valence electrons. The Bertz CT molecular complexity index is 260. The number of carboxylic acid groups (broad SMARTS) is 1. The van der Waals surface area contributed by atoms with Crippen molar-refractivity contribution in [3.8, 4) is 0 Å². The highest BCUT2D eigenvalue weighted by Gasteiger charge is 2.25. The topological polar surface area (TPSA) is 63.3 Å². The molecule has 2 atom stereocenters. The van der Waals surface area contributed by atoms with E-state index < -0.39 is 5.97 Å². The van der Waals surface area contributed by atoms with Gasteiger partial charge in [0.25, 0.3) is 0 Å². The maximum Gasteiger partial charge on any atom is 0.303 e. The average molecular weight is 283 g/mol. The first-order valence-electron chi connectivity index (χ1n) is 8.60. The summed E-state index contributed by atoms with van der Waals surface area (Å²) < 4.78 is 0. The zero-order chi connectivity index (χ0) is 14.8. The zero-order valence-corrected chi connectivity index (χ0v) is 13.2. The molecule has 2 fully saturated rings. The molecular formula is C17H33NO2. The van der Waals surface area contributed by atoms with E-state index in [-0.39, 0.29) is 0 Å². The Morgan fingerprint density at radius 3 is 2.00 bits per heavy atom. The molecule has 3 heteroatoms. The summed E-state index contributed by atoms with van der Waals surface area (Å²) >= 11 is 0. The largest absolute Gasteiger partial charge is 0.481 e. The van der Waals surface area contributed by atoms with E-state index >= 15 is 0 Å². The fourth-order valence-electron chi connectivity index (χ4n) is 3.66. The van der Waals surface area contributed by atoms with Gasteiger partial charge in [-0.25, -0.2) is 0 Å². The maximum absolute atomic E-state index is 10.6. The van der Waals surface area contributed by atoms with E-state index in [0.717, 1.165) is 6.42 Å². The van der Waals surface area contributed by atoms with E-state index in [1.807, 2.05) is 0 Å². The predicted octanol–water partition coefficient (Wildman–Crippen LogP) is 4.35. The molecule has 0 bridgehead atoms. The standard InChI is InChI=1S/C11H20O2.C6H13N/c1-2-5-9-6-3-4-7-10(9)8-11(12)13;7-6-4-2-1-3-5-6/h9-10H,2-8H2,1H3,(H,12,13);6H,1-5,7H2. The van der Waals surface area contributed by atoms with E-state index in [0.29, 0.717) is 24.3 Å². The fraction of sp³-hybridized carbons (Fsp3) is 0.941. The van der Waals surface area contributed by atoms with Crippen molar-refractivity contribution in [3.05, 3.63) is 0 Å². The Labute approximate surface area is 124 Å². The van der Waals surface area contributed by atoms with E-state index in [1.54, 1.807) is 0 Å². The summed E-state index contributed by atoms with van der Waals surface area (Å²) in [6.45, 7) is 2.19. The van der Waals surface area contributed by atoms with Crippen LogP contribution >= 0.6 is 0 Å². The van der Waals surface area contributed by atoms with Crippen molar-refractivity contribution in [3.63, 3.8) is 0 Å². The highest BCUT2D eigenvalue weighted by atomic mass is 16.4. The third kappa shape index (κ3) is 7.28. The fourth-order valence-corrected chi connectivity index (χ4v) is 3.66. The maximum atomic E-state index is 10.6. The Kier molecular flexibility index (Phi) is 8.92. The summed E-state index contributed by atoms with van der Waals surface area (Å²) in [6.07, 6.45) is 14.4. The van der Waals surface area contributed by atoms with Crippen LogP contribution in [-0.2, 0) is 4.79 Å². The molecule has 2 aliphatic rings. The summed E-state index contributed by atoms with van der Waals surface area (Å²) in [6, 6.07) is 0.536. The van der Waals surface area contributed by atoms with Crippen LogP contribution in [0.2, 0.25) is 0 Å². The summed E-state index contributed by atoms with van der Waals surface area (Å²) in [7, 11) is 0. The minimum Gasteiger partial charge on any atom is -0.481 e. The number of hydrogen-bond acceptors (Lipinski definition) is 2. The van der Waals surface area contributed by atoms with Crippen LogP contribution in [0.3, 0.4) is 0 Å². The molecule has 20 heavy (non-hydrogen) atoms. The van der Waals surface area contributed by atoms with E-state index in [9.17, 15) is 4.79 Å². The van der Waals surface area contributed by atoms with Crippen molar-refractivity contribution in [2.75, 3.05) is 0 Å². The van der Waals surface area contributed by atoms with Gasteiger partial charge in [-0.2, -0.15) is 0 Å². The average Bonchev–Trinajstić information content (AvgIpc) is 2.42. The van der Waals surface area contributed by atoms with Gasteiger partial charge in [0.15, 0.2) is 0 Å². The first kappa shape index (κ1) is 17.5. The summed E-state index contributed by atoms with van der Waals surface area (Å²) in [5.41, 5.74) is 5.63. The molecule has 2 rings (SSSR count). The van der Waals surface area contributed by atoms with Crippen molar-refractivity contribution < 1.29 is 9.90 Å². The molecule has 2 unspecified atom stereocenters. The Morgan fingerprint density at radius 2 is 1.55 bits per heavy atom. The number of rotatable bonds is 4. The molecule has 0 heterocycles. The van der Waals surface area contributed by atoms with Gasteiger partial charge in [0, 0.05) is 12.5 Å². The van der Waals surface area contributed by atoms with Crippen LogP contribution in [0.5, 0.6) is 0 Å². The number of hydrogen-bond donors (Lipinski definition) is 2. The molecule has 0 aromatic heterocycles. The highest BCUT2D eigenvalue weighted by molar-refractivity contribution is 5.67. The smallest absolute Gasteiger partial charge is 0.303 e. The molecule has 3 nitrogen and oxygen atoms in total. The van der Waals surface area contributed by atoms with Gasteiger partial charge in [0.05, 0.1) is 0 Å². The van der Waals surface area contributed by atoms with Gasteiger partial charge in [0.1, 0.15) is 0 Å². The molecule has 0 saturated heterocycles. The molecule has 0 radical (unpaired) electrons. The third-order valence-electron chi connectivity index (χ3n) is 4.81. The van der Waals surface area contributed by atoms with E-state index in [4.69, 9.17) is 10.8 Å². The van der Waals surface area contributed by atoms with Gasteiger partial charge in [0.2, 0.25) is 0 Å². The van der Waals surface area contributed by atoms with Crippen molar-refractivity contribution in [1.82, 2.24) is 0 Å². The van der Waals surface area contributed by atoms with Crippen LogP contribution in [0.25, 0.3) is 0 Å². The quantitative estimate of drug-likeness (QED) is 0.806. The van der Waals surface area contributed by atoms with Gasteiger partial charge >= 0.3 is 5.97 Å². The molecule has 0 aromatic rings. The van der Waals surface area contributed by atoms with Crippen molar-refractivity contribution in [2.24, 2.45) is 17.6 Å². The molecule has 0 amide bonds. The van der Waals surface area contributed by atoms with Gasteiger partial charge in [-0.15, -0.1) is 0 Å². The van der Waals surface area contributed by atoms with Crippen molar-refractivity contribution >= 4 is 5.97 Å². The van der Waals surface area contributed by atoms with Gasteiger partial charge < -0.3 is 10.8 Å². The van der Waals surface area contributed by atoms with Crippen molar-refractivity contribution in [2.45, 2.75) is 90.0 Å². The van der Waals surface area contributed by atoms with E-state index in [2.05, 4.69) is 6.92 Å².